The number of hydrogen-bond acceptors (Lipinski definition) is 2. The van der Waals surface area contributed by atoms with E-state index in [-0.39, 0.29) is 17.1 Å². The van der Waals surface area contributed by atoms with Crippen molar-refractivity contribution in [3.63, 3.8) is 0 Å². The molecule has 0 saturated heterocycles. The van der Waals surface area contributed by atoms with Crippen LogP contribution in [-0.2, 0) is 6.54 Å². The van der Waals surface area contributed by atoms with Gasteiger partial charge in [0.1, 0.15) is 3.70 Å². The number of halogens is 4. The molecule has 6 heteroatoms. The first-order chi connectivity index (χ1) is 6.07. The van der Waals surface area contributed by atoms with E-state index >= 15 is 0 Å². The maximum atomic E-state index is 12.3. The van der Waals surface area contributed by atoms with Crippen molar-refractivity contribution in [3.8, 4) is 0 Å². The zero-order valence-electron chi connectivity index (χ0n) is 6.40. The highest BCUT2D eigenvalue weighted by Crippen LogP contribution is 2.30. The van der Waals surface area contributed by atoms with E-state index in [4.69, 9.17) is 17.3 Å². The molecule has 2 N–H and O–H groups in total. The summed E-state index contributed by atoms with van der Waals surface area (Å²) in [5.74, 6) is 0. The minimum absolute atomic E-state index is 0.0249. The second-order valence-corrected chi connectivity index (χ2v) is 3.70. The predicted octanol–water partition coefficient (Wildman–Crippen LogP) is 2.74. The Bertz CT molecular complexity index is 320. The number of nitrogens with zero attached hydrogens (tertiary/aromatic N) is 1. The highest BCUT2D eigenvalue weighted by molar-refractivity contribution is 14.1. The van der Waals surface area contributed by atoms with Crippen molar-refractivity contribution in [2.45, 2.75) is 13.0 Å². The van der Waals surface area contributed by atoms with Crippen LogP contribution < -0.4 is 5.73 Å². The van der Waals surface area contributed by atoms with Gasteiger partial charge in [0.2, 0.25) is 0 Å². The molecule has 1 heterocycles. The summed E-state index contributed by atoms with van der Waals surface area (Å²) in [4.78, 5) is 3.77. The molecule has 1 aromatic heterocycles. The van der Waals surface area contributed by atoms with Gasteiger partial charge in [-0.25, -0.2) is 13.8 Å². The monoisotopic (exact) mass is 318 g/mol. The van der Waals surface area contributed by atoms with Crippen LogP contribution in [0.5, 0.6) is 0 Å². The molecule has 2 nitrogen and oxygen atoms in total. The minimum atomic E-state index is -2.61. The van der Waals surface area contributed by atoms with Crippen LogP contribution in [0, 0.1) is 3.70 Å². The average Bonchev–Trinajstić information content (AvgIpc) is 2.04. The fourth-order valence-corrected chi connectivity index (χ4v) is 1.94. The third kappa shape index (κ3) is 2.26. The molecule has 0 bridgehead atoms. The molecule has 13 heavy (non-hydrogen) atoms. The van der Waals surface area contributed by atoms with Gasteiger partial charge in [-0.15, -0.1) is 0 Å². The summed E-state index contributed by atoms with van der Waals surface area (Å²) in [5, 5.41) is 0.0249. The molecule has 72 valence electrons. The van der Waals surface area contributed by atoms with Crippen LogP contribution in [0.1, 0.15) is 17.6 Å². The zero-order chi connectivity index (χ0) is 10.0. The molecule has 0 fully saturated rings. The summed E-state index contributed by atoms with van der Waals surface area (Å²) < 4.78 is 25.2. The Labute approximate surface area is 92.6 Å². The van der Waals surface area contributed by atoms with E-state index in [0.717, 1.165) is 6.20 Å². The van der Waals surface area contributed by atoms with Gasteiger partial charge in [0.25, 0.3) is 6.43 Å². The third-order valence-electron chi connectivity index (χ3n) is 1.52. The van der Waals surface area contributed by atoms with Crippen LogP contribution in [0.2, 0.25) is 5.02 Å². The Morgan fingerprint density at radius 1 is 1.62 bits per heavy atom. The van der Waals surface area contributed by atoms with Gasteiger partial charge < -0.3 is 5.73 Å². The van der Waals surface area contributed by atoms with Crippen molar-refractivity contribution < 1.29 is 8.78 Å². The van der Waals surface area contributed by atoms with Gasteiger partial charge in [-0.3, -0.25) is 0 Å². The van der Waals surface area contributed by atoms with Crippen molar-refractivity contribution in [2.24, 2.45) is 5.73 Å². The van der Waals surface area contributed by atoms with Gasteiger partial charge in [0, 0.05) is 18.3 Å². The number of alkyl halides is 2. The molecule has 0 amide bonds. The van der Waals surface area contributed by atoms with E-state index < -0.39 is 6.43 Å². The van der Waals surface area contributed by atoms with Gasteiger partial charge in [0.05, 0.1) is 10.6 Å². The van der Waals surface area contributed by atoms with Crippen LogP contribution in [-0.4, -0.2) is 4.98 Å². The van der Waals surface area contributed by atoms with E-state index in [1.807, 2.05) is 22.6 Å². The lowest BCUT2D eigenvalue weighted by atomic mass is 10.2. The Balaban J connectivity index is 3.27. The van der Waals surface area contributed by atoms with Crippen LogP contribution in [0.15, 0.2) is 6.20 Å². The van der Waals surface area contributed by atoms with Gasteiger partial charge in [-0.05, 0) is 22.6 Å². The van der Waals surface area contributed by atoms with Gasteiger partial charge >= 0.3 is 0 Å². The lowest BCUT2D eigenvalue weighted by Gasteiger charge is -2.08. The summed E-state index contributed by atoms with van der Waals surface area (Å²) in [6.07, 6.45) is -1.53. The fourth-order valence-electron chi connectivity index (χ4n) is 0.852. The van der Waals surface area contributed by atoms with E-state index in [1.165, 1.54) is 0 Å². The molecule has 1 aromatic rings. The number of nitrogens with two attached hydrogens (primary N) is 1. The van der Waals surface area contributed by atoms with Crippen LogP contribution >= 0.6 is 34.2 Å². The number of pyridine rings is 1. The Morgan fingerprint density at radius 3 is 2.69 bits per heavy atom. The molecule has 0 atom stereocenters. The summed E-state index contributed by atoms with van der Waals surface area (Å²) in [6.45, 7) is 0.116. The Kier molecular flexibility index (Phi) is 3.81. The van der Waals surface area contributed by atoms with Crippen LogP contribution in [0.4, 0.5) is 8.78 Å². The number of aromatic nitrogens is 1. The van der Waals surface area contributed by atoms with E-state index in [2.05, 4.69) is 4.98 Å². The molecule has 0 radical (unpaired) electrons. The maximum absolute atomic E-state index is 12.3. The SMILES string of the molecule is NCc1c(I)ncc(C(F)F)c1Cl. The Hall–Kier alpha value is -0.0100. The van der Waals surface area contributed by atoms with Gasteiger partial charge in [0.15, 0.2) is 0 Å². The molecule has 0 aliphatic carbocycles. The summed E-state index contributed by atoms with van der Waals surface area (Å²) in [5.41, 5.74) is 5.56. The largest absolute Gasteiger partial charge is 0.326 e. The lowest BCUT2D eigenvalue weighted by molar-refractivity contribution is 0.151. The molecule has 0 aromatic carbocycles. The highest BCUT2D eigenvalue weighted by Gasteiger charge is 2.16. The first-order valence-electron chi connectivity index (χ1n) is 3.39. The molecule has 0 spiro atoms. The van der Waals surface area contributed by atoms with Crippen molar-refractivity contribution in [1.29, 1.82) is 0 Å². The molecular formula is C7H6ClF2IN2. The van der Waals surface area contributed by atoms with Gasteiger partial charge in [-0.2, -0.15) is 0 Å². The second kappa shape index (κ2) is 4.47. The predicted molar refractivity (Wildman–Crippen MR) is 54.8 cm³/mol. The standard InChI is InChI=1S/C7H6ClF2IN2/c8-5-3(1-12)7(11)13-2-4(5)6(9)10/h2,6H,1,12H2. The van der Waals surface area contributed by atoms with Crippen LogP contribution in [0.3, 0.4) is 0 Å². The van der Waals surface area contributed by atoms with Crippen molar-refractivity contribution >= 4 is 34.2 Å². The normalized spacial score (nSPS) is 10.9. The third-order valence-corrected chi connectivity index (χ3v) is 2.90. The van der Waals surface area contributed by atoms with Crippen molar-refractivity contribution in [3.05, 3.63) is 26.0 Å². The molecule has 0 aliphatic heterocycles. The van der Waals surface area contributed by atoms with E-state index in [0.29, 0.717) is 9.26 Å². The number of hydrogen-bond donors (Lipinski definition) is 1. The van der Waals surface area contributed by atoms with E-state index in [1.54, 1.807) is 0 Å². The minimum Gasteiger partial charge on any atom is -0.326 e. The molecule has 0 unspecified atom stereocenters. The summed E-state index contributed by atoms with van der Waals surface area (Å²) in [6, 6.07) is 0. The van der Waals surface area contributed by atoms with Gasteiger partial charge in [-0.1, -0.05) is 11.6 Å². The second-order valence-electron chi connectivity index (χ2n) is 2.30. The topological polar surface area (TPSA) is 38.9 Å². The fraction of sp³-hybridized carbons (Fsp3) is 0.286. The lowest BCUT2D eigenvalue weighted by Crippen LogP contribution is -2.04. The Morgan fingerprint density at radius 2 is 2.23 bits per heavy atom. The summed E-state index contributed by atoms with van der Waals surface area (Å²) in [7, 11) is 0. The first kappa shape index (κ1) is 11.1. The highest BCUT2D eigenvalue weighted by atomic mass is 127. The molecule has 1 rings (SSSR count). The van der Waals surface area contributed by atoms with Crippen molar-refractivity contribution in [1.82, 2.24) is 4.98 Å². The zero-order valence-corrected chi connectivity index (χ0v) is 9.31. The van der Waals surface area contributed by atoms with E-state index in [9.17, 15) is 8.78 Å². The molecular weight excluding hydrogens is 312 g/mol. The van der Waals surface area contributed by atoms with Crippen LogP contribution in [0.25, 0.3) is 0 Å². The quantitative estimate of drug-likeness (QED) is 0.673. The molecule has 0 aliphatic rings. The smallest absolute Gasteiger partial charge is 0.266 e. The molecule has 0 saturated carbocycles. The maximum Gasteiger partial charge on any atom is 0.266 e. The first-order valence-corrected chi connectivity index (χ1v) is 4.84. The summed E-state index contributed by atoms with van der Waals surface area (Å²) >= 11 is 7.61. The number of rotatable bonds is 2. The van der Waals surface area contributed by atoms with Crippen molar-refractivity contribution in [2.75, 3.05) is 0 Å². The average molecular weight is 318 g/mol.